The van der Waals surface area contributed by atoms with E-state index in [1.807, 2.05) is 13.0 Å². The molecule has 1 fully saturated rings. The van der Waals surface area contributed by atoms with E-state index in [2.05, 4.69) is 28.1 Å². The van der Waals surface area contributed by atoms with E-state index < -0.39 is 0 Å². The number of anilines is 1. The van der Waals surface area contributed by atoms with Crippen LogP contribution in [0.2, 0.25) is 0 Å². The zero-order valence-electron chi connectivity index (χ0n) is 18.4. The first kappa shape index (κ1) is 22.6. The first-order valence-electron chi connectivity index (χ1n) is 11.2. The average Bonchev–Trinajstić information content (AvgIpc) is 2.78. The monoisotopic (exact) mass is 417 g/mol. The molecule has 7 heteroatoms. The minimum absolute atomic E-state index is 0.0568. The lowest BCUT2D eigenvalue weighted by atomic mass is 10.1. The van der Waals surface area contributed by atoms with E-state index in [1.54, 1.807) is 0 Å². The molecule has 0 radical (unpaired) electrons. The maximum atomic E-state index is 10.3. The number of nitrogens with zero attached hydrogens (tertiary/aromatic N) is 3. The summed E-state index contributed by atoms with van der Waals surface area (Å²) >= 11 is 0. The highest BCUT2D eigenvalue weighted by molar-refractivity contribution is 5.96. The van der Waals surface area contributed by atoms with Crippen molar-refractivity contribution in [3.63, 3.8) is 0 Å². The van der Waals surface area contributed by atoms with Gasteiger partial charge in [-0.25, -0.2) is 0 Å². The molecule has 0 atom stereocenters. The van der Waals surface area contributed by atoms with Crippen molar-refractivity contribution in [2.24, 2.45) is 0 Å². The van der Waals surface area contributed by atoms with E-state index in [0.717, 1.165) is 80.9 Å². The molecule has 0 amide bonds. The zero-order chi connectivity index (χ0) is 21.2. The molecule has 2 aromatic rings. The summed E-state index contributed by atoms with van der Waals surface area (Å²) in [6.45, 7) is 9.50. The number of aromatic nitrogens is 2. The summed E-state index contributed by atoms with van der Waals surface area (Å²) < 4.78 is 17.3. The van der Waals surface area contributed by atoms with E-state index >= 15 is 0 Å². The summed E-state index contributed by atoms with van der Waals surface area (Å²) in [4.78, 5) is 2.25. The quantitative estimate of drug-likeness (QED) is 0.518. The molecule has 0 spiro atoms. The fourth-order valence-electron chi connectivity index (χ4n) is 3.68. The molecule has 1 aliphatic rings. The van der Waals surface area contributed by atoms with Crippen LogP contribution >= 0.6 is 0 Å². The van der Waals surface area contributed by atoms with Crippen LogP contribution in [0.25, 0.3) is 10.8 Å². The van der Waals surface area contributed by atoms with E-state index in [1.165, 1.54) is 6.42 Å². The van der Waals surface area contributed by atoms with E-state index in [0.29, 0.717) is 25.2 Å². The maximum absolute atomic E-state index is 10.3. The standard InChI is InChI=1S/C23H35N3O4/c1-3-4-11-28-12-7-5-6-8-13-30-21-17-19(26-9-14-29-15-10-26)16-20-22(21)18(2)24-25-23(20)27/h16-17H,3-15H2,1-2H3,(H,25,27). The van der Waals surface area contributed by atoms with Crippen molar-refractivity contribution in [3.05, 3.63) is 17.8 Å². The van der Waals surface area contributed by atoms with Crippen LogP contribution in [0, 0.1) is 6.92 Å². The Kier molecular flexibility index (Phi) is 8.96. The van der Waals surface area contributed by atoms with Gasteiger partial charge in [-0.2, -0.15) is 5.10 Å². The number of hydrogen-bond donors (Lipinski definition) is 1. The summed E-state index contributed by atoms with van der Waals surface area (Å²) in [6.07, 6.45) is 6.67. The van der Waals surface area contributed by atoms with Crippen molar-refractivity contribution < 1.29 is 19.3 Å². The minimum Gasteiger partial charge on any atom is -0.493 e. The lowest BCUT2D eigenvalue weighted by molar-refractivity contribution is 0.122. The predicted octanol–water partition coefficient (Wildman–Crippen LogP) is 4.24. The summed E-state index contributed by atoms with van der Waals surface area (Å²) in [5, 5.41) is 19.8. The molecule has 0 aliphatic carbocycles. The van der Waals surface area contributed by atoms with Gasteiger partial charge in [-0.3, -0.25) is 0 Å². The van der Waals surface area contributed by atoms with Gasteiger partial charge in [0.25, 0.3) is 0 Å². The number of ether oxygens (including phenoxy) is 3. The van der Waals surface area contributed by atoms with Gasteiger partial charge in [0.15, 0.2) is 0 Å². The van der Waals surface area contributed by atoms with Gasteiger partial charge in [-0.1, -0.05) is 19.8 Å². The highest BCUT2D eigenvalue weighted by Crippen LogP contribution is 2.36. The van der Waals surface area contributed by atoms with Crippen LogP contribution in [-0.2, 0) is 9.47 Å². The van der Waals surface area contributed by atoms with Crippen molar-refractivity contribution >= 4 is 16.5 Å². The van der Waals surface area contributed by atoms with E-state index in [4.69, 9.17) is 14.2 Å². The van der Waals surface area contributed by atoms with Gasteiger partial charge in [0.05, 0.1) is 36.3 Å². The number of hydrogen-bond acceptors (Lipinski definition) is 7. The molecule has 1 N–H and O–H groups in total. The Balaban J connectivity index is 1.59. The van der Waals surface area contributed by atoms with E-state index in [-0.39, 0.29) is 5.88 Å². The second-order valence-electron chi connectivity index (χ2n) is 7.80. The van der Waals surface area contributed by atoms with Gasteiger partial charge in [-0.05, 0) is 38.7 Å². The molecule has 0 unspecified atom stereocenters. The summed E-state index contributed by atoms with van der Waals surface area (Å²) in [5.41, 5.74) is 1.78. The lowest BCUT2D eigenvalue weighted by Gasteiger charge is -2.29. The van der Waals surface area contributed by atoms with Crippen LogP contribution in [0.4, 0.5) is 5.69 Å². The second-order valence-corrected chi connectivity index (χ2v) is 7.80. The summed E-state index contributed by atoms with van der Waals surface area (Å²) in [7, 11) is 0. The molecule has 7 nitrogen and oxygen atoms in total. The van der Waals surface area contributed by atoms with Gasteiger partial charge < -0.3 is 24.2 Å². The first-order valence-corrected chi connectivity index (χ1v) is 11.2. The molecule has 0 saturated carbocycles. The van der Waals surface area contributed by atoms with Gasteiger partial charge in [-0.15, -0.1) is 5.10 Å². The molecule has 1 aromatic carbocycles. The normalized spacial score (nSPS) is 14.4. The number of fused-ring (bicyclic) bond motifs is 1. The number of rotatable bonds is 12. The molecule has 2 heterocycles. The van der Waals surface area contributed by atoms with Crippen LogP contribution < -0.4 is 9.64 Å². The van der Waals surface area contributed by atoms with Crippen LogP contribution in [0.3, 0.4) is 0 Å². The average molecular weight is 418 g/mol. The van der Waals surface area contributed by atoms with Crippen molar-refractivity contribution in [2.45, 2.75) is 52.4 Å². The molecule has 1 saturated heterocycles. The maximum Gasteiger partial charge on any atom is 0.239 e. The summed E-state index contributed by atoms with van der Waals surface area (Å²) in [5.74, 6) is 0.707. The first-order chi connectivity index (χ1) is 14.7. The number of unbranched alkanes of at least 4 members (excludes halogenated alkanes) is 4. The van der Waals surface area contributed by atoms with Crippen LogP contribution in [0.15, 0.2) is 12.1 Å². The highest BCUT2D eigenvalue weighted by Gasteiger charge is 2.18. The van der Waals surface area contributed by atoms with Gasteiger partial charge >= 0.3 is 0 Å². The Morgan fingerprint density at radius 1 is 1.00 bits per heavy atom. The Hall–Kier alpha value is -2.12. The van der Waals surface area contributed by atoms with Crippen molar-refractivity contribution in [1.82, 2.24) is 10.2 Å². The third-order valence-corrected chi connectivity index (χ3v) is 5.44. The second kappa shape index (κ2) is 11.9. The predicted molar refractivity (Wildman–Crippen MR) is 119 cm³/mol. The zero-order valence-corrected chi connectivity index (χ0v) is 18.4. The molecule has 0 bridgehead atoms. The third kappa shape index (κ3) is 6.19. The fourth-order valence-corrected chi connectivity index (χ4v) is 3.68. The number of benzene rings is 1. The van der Waals surface area contributed by atoms with Gasteiger partial charge in [0, 0.05) is 38.1 Å². The van der Waals surface area contributed by atoms with Crippen LogP contribution in [0.1, 0.15) is 51.1 Å². The SMILES string of the molecule is CCCCOCCCCCCOc1cc(N2CCOCC2)cc2c(O)nnc(C)c12. The summed E-state index contributed by atoms with van der Waals surface area (Å²) in [6, 6.07) is 4.03. The fraction of sp³-hybridized carbons (Fsp3) is 0.652. The molecule has 30 heavy (non-hydrogen) atoms. The van der Waals surface area contributed by atoms with Crippen LogP contribution in [-0.4, -0.2) is 61.4 Å². The molecule has 1 aliphatic heterocycles. The topological polar surface area (TPSA) is 76.9 Å². The molecular weight excluding hydrogens is 382 g/mol. The largest absolute Gasteiger partial charge is 0.493 e. The van der Waals surface area contributed by atoms with Gasteiger partial charge in [0.2, 0.25) is 5.88 Å². The molecular formula is C23H35N3O4. The molecule has 1 aromatic heterocycles. The third-order valence-electron chi connectivity index (χ3n) is 5.44. The Bertz CT molecular complexity index is 794. The smallest absolute Gasteiger partial charge is 0.239 e. The van der Waals surface area contributed by atoms with Gasteiger partial charge in [0.1, 0.15) is 5.75 Å². The van der Waals surface area contributed by atoms with Crippen molar-refractivity contribution in [2.75, 3.05) is 51.0 Å². The lowest BCUT2D eigenvalue weighted by Crippen LogP contribution is -2.36. The van der Waals surface area contributed by atoms with Crippen molar-refractivity contribution in [1.29, 1.82) is 0 Å². The molecule has 166 valence electrons. The van der Waals surface area contributed by atoms with E-state index in [9.17, 15) is 5.11 Å². The Morgan fingerprint density at radius 2 is 1.73 bits per heavy atom. The Labute approximate surface area is 179 Å². The Morgan fingerprint density at radius 3 is 2.50 bits per heavy atom. The number of aromatic hydroxyl groups is 1. The number of aryl methyl sites for hydroxylation is 1. The van der Waals surface area contributed by atoms with Crippen LogP contribution in [0.5, 0.6) is 11.6 Å². The highest BCUT2D eigenvalue weighted by atomic mass is 16.5. The number of morpholine rings is 1. The minimum atomic E-state index is -0.0568. The molecule has 3 rings (SSSR count). The van der Waals surface area contributed by atoms with Crippen molar-refractivity contribution in [3.8, 4) is 11.6 Å².